The Balaban J connectivity index is 2.45. The van der Waals surface area contributed by atoms with Crippen molar-refractivity contribution in [1.29, 1.82) is 0 Å². The van der Waals surface area contributed by atoms with Gasteiger partial charge in [0.25, 0.3) is 6.43 Å². The number of nitrogens with one attached hydrogen (secondary N) is 1. The molecule has 1 N–H and O–H groups in total. The molecule has 1 rings (SSSR count). The van der Waals surface area contributed by atoms with Gasteiger partial charge >= 0.3 is 0 Å². The van der Waals surface area contributed by atoms with Crippen molar-refractivity contribution in [3.8, 4) is 0 Å². The number of halogens is 3. The van der Waals surface area contributed by atoms with Gasteiger partial charge in [0.15, 0.2) is 0 Å². The first kappa shape index (κ1) is 11.4. The summed E-state index contributed by atoms with van der Waals surface area (Å²) >= 11 is 5.75. The molecule has 78 valence electrons. The number of hydrogen-bond donors (Lipinski definition) is 1. The SMILES string of the molecule is CC(NCc1cccc(Cl)c1)C(F)F. The lowest BCUT2D eigenvalue weighted by Crippen LogP contribution is -2.31. The molecule has 1 unspecified atom stereocenters. The van der Waals surface area contributed by atoms with Crippen LogP contribution in [-0.4, -0.2) is 12.5 Å². The van der Waals surface area contributed by atoms with Gasteiger partial charge in [0.2, 0.25) is 0 Å². The smallest absolute Gasteiger partial charge is 0.253 e. The topological polar surface area (TPSA) is 12.0 Å². The lowest BCUT2D eigenvalue weighted by Gasteiger charge is -2.12. The minimum atomic E-state index is -2.34. The quantitative estimate of drug-likeness (QED) is 0.821. The molecule has 0 fully saturated rings. The molecule has 0 aromatic heterocycles. The molecule has 0 aliphatic rings. The Morgan fingerprint density at radius 3 is 2.71 bits per heavy atom. The average Bonchev–Trinajstić information content (AvgIpc) is 2.14. The van der Waals surface area contributed by atoms with E-state index in [4.69, 9.17) is 11.6 Å². The third kappa shape index (κ3) is 3.60. The minimum absolute atomic E-state index is 0.409. The third-order valence-electron chi connectivity index (χ3n) is 1.90. The van der Waals surface area contributed by atoms with Crippen molar-refractivity contribution in [3.05, 3.63) is 34.9 Å². The van der Waals surface area contributed by atoms with Gasteiger partial charge in [0, 0.05) is 11.6 Å². The Hall–Kier alpha value is -0.670. The van der Waals surface area contributed by atoms with E-state index >= 15 is 0 Å². The predicted molar refractivity (Wildman–Crippen MR) is 53.8 cm³/mol. The maximum atomic E-state index is 12.1. The molecule has 0 saturated carbocycles. The molecule has 1 aromatic rings. The molecular formula is C10H12ClF2N. The summed E-state index contributed by atoms with van der Waals surface area (Å²) in [5, 5.41) is 3.34. The molecular weight excluding hydrogens is 208 g/mol. The van der Waals surface area contributed by atoms with Crippen molar-refractivity contribution in [2.45, 2.75) is 25.9 Å². The van der Waals surface area contributed by atoms with Crippen molar-refractivity contribution >= 4 is 11.6 Å². The second-order valence-corrected chi connectivity index (χ2v) is 3.57. The number of alkyl halides is 2. The van der Waals surface area contributed by atoms with E-state index in [1.165, 1.54) is 6.92 Å². The van der Waals surface area contributed by atoms with Crippen LogP contribution in [0.2, 0.25) is 5.02 Å². The lowest BCUT2D eigenvalue weighted by molar-refractivity contribution is 0.105. The fraction of sp³-hybridized carbons (Fsp3) is 0.400. The van der Waals surface area contributed by atoms with Crippen molar-refractivity contribution < 1.29 is 8.78 Å². The van der Waals surface area contributed by atoms with Crippen LogP contribution in [0.5, 0.6) is 0 Å². The molecule has 0 aliphatic carbocycles. The van der Waals surface area contributed by atoms with E-state index < -0.39 is 12.5 Å². The monoisotopic (exact) mass is 219 g/mol. The molecule has 0 radical (unpaired) electrons. The van der Waals surface area contributed by atoms with Gasteiger partial charge in [-0.1, -0.05) is 23.7 Å². The summed E-state index contributed by atoms with van der Waals surface area (Å²) in [5.41, 5.74) is 0.907. The van der Waals surface area contributed by atoms with Crippen molar-refractivity contribution in [1.82, 2.24) is 5.32 Å². The van der Waals surface area contributed by atoms with Crippen LogP contribution >= 0.6 is 11.6 Å². The van der Waals surface area contributed by atoms with Crippen LogP contribution in [-0.2, 0) is 6.54 Å². The first-order chi connectivity index (χ1) is 6.59. The van der Waals surface area contributed by atoms with Crippen LogP contribution in [0, 0.1) is 0 Å². The van der Waals surface area contributed by atoms with Crippen LogP contribution < -0.4 is 5.32 Å². The third-order valence-corrected chi connectivity index (χ3v) is 2.13. The van der Waals surface area contributed by atoms with Crippen LogP contribution in [0.1, 0.15) is 12.5 Å². The Morgan fingerprint density at radius 1 is 1.43 bits per heavy atom. The largest absolute Gasteiger partial charge is 0.305 e. The summed E-state index contributed by atoms with van der Waals surface area (Å²) in [6, 6.07) is 6.35. The highest BCUT2D eigenvalue weighted by molar-refractivity contribution is 6.30. The molecule has 0 aliphatic heterocycles. The summed E-state index contributed by atoms with van der Waals surface area (Å²) in [6.45, 7) is 1.86. The number of rotatable bonds is 4. The molecule has 0 spiro atoms. The van der Waals surface area contributed by atoms with Gasteiger partial charge in [0.1, 0.15) is 0 Å². The molecule has 0 heterocycles. The molecule has 4 heteroatoms. The van der Waals surface area contributed by atoms with Gasteiger partial charge in [-0.05, 0) is 24.6 Å². The zero-order valence-electron chi connectivity index (χ0n) is 7.81. The summed E-state index contributed by atoms with van der Waals surface area (Å²) < 4.78 is 24.2. The maximum Gasteiger partial charge on any atom is 0.253 e. The highest BCUT2D eigenvalue weighted by atomic mass is 35.5. The van der Waals surface area contributed by atoms with Crippen LogP contribution in [0.15, 0.2) is 24.3 Å². The number of benzene rings is 1. The van der Waals surface area contributed by atoms with Gasteiger partial charge < -0.3 is 5.32 Å². The van der Waals surface area contributed by atoms with Crippen LogP contribution in [0.3, 0.4) is 0 Å². The molecule has 0 saturated heterocycles. The highest BCUT2D eigenvalue weighted by Gasteiger charge is 2.12. The first-order valence-corrected chi connectivity index (χ1v) is 4.73. The van der Waals surface area contributed by atoms with E-state index in [-0.39, 0.29) is 0 Å². The maximum absolute atomic E-state index is 12.1. The van der Waals surface area contributed by atoms with E-state index in [2.05, 4.69) is 5.32 Å². The van der Waals surface area contributed by atoms with Gasteiger partial charge in [0.05, 0.1) is 6.04 Å². The summed E-state index contributed by atoms with van der Waals surface area (Å²) in [7, 11) is 0. The Bertz CT molecular complexity index is 291. The van der Waals surface area contributed by atoms with E-state index in [1.807, 2.05) is 6.07 Å². The summed E-state index contributed by atoms with van der Waals surface area (Å²) in [4.78, 5) is 0. The Labute approximate surface area is 87.1 Å². The summed E-state index contributed by atoms with van der Waals surface area (Å²) in [5.74, 6) is 0. The van der Waals surface area contributed by atoms with Crippen molar-refractivity contribution in [2.24, 2.45) is 0 Å². The second-order valence-electron chi connectivity index (χ2n) is 3.13. The normalized spacial score (nSPS) is 13.2. The Kier molecular flexibility index (Phi) is 4.29. The van der Waals surface area contributed by atoms with E-state index in [0.29, 0.717) is 11.6 Å². The molecule has 1 atom stereocenters. The van der Waals surface area contributed by atoms with Crippen molar-refractivity contribution in [3.63, 3.8) is 0 Å². The van der Waals surface area contributed by atoms with Gasteiger partial charge in [-0.3, -0.25) is 0 Å². The average molecular weight is 220 g/mol. The standard InChI is InChI=1S/C10H12ClF2N/c1-7(10(12)13)14-6-8-3-2-4-9(11)5-8/h2-5,7,10,14H,6H2,1H3. The zero-order valence-corrected chi connectivity index (χ0v) is 8.56. The van der Waals surface area contributed by atoms with Crippen molar-refractivity contribution in [2.75, 3.05) is 0 Å². The molecule has 14 heavy (non-hydrogen) atoms. The van der Waals surface area contributed by atoms with Crippen LogP contribution in [0.25, 0.3) is 0 Å². The fourth-order valence-electron chi connectivity index (χ4n) is 1.01. The predicted octanol–water partition coefficient (Wildman–Crippen LogP) is 3.08. The van der Waals surface area contributed by atoms with E-state index in [9.17, 15) is 8.78 Å². The zero-order chi connectivity index (χ0) is 10.6. The molecule has 1 nitrogen and oxygen atoms in total. The first-order valence-electron chi connectivity index (χ1n) is 4.35. The van der Waals surface area contributed by atoms with Gasteiger partial charge in [-0.15, -0.1) is 0 Å². The molecule has 1 aromatic carbocycles. The van der Waals surface area contributed by atoms with Gasteiger partial charge in [-0.25, -0.2) is 8.78 Å². The highest BCUT2D eigenvalue weighted by Crippen LogP contribution is 2.11. The second kappa shape index (κ2) is 5.27. The van der Waals surface area contributed by atoms with E-state index in [0.717, 1.165) is 5.56 Å². The summed E-state index contributed by atoms with van der Waals surface area (Å²) in [6.07, 6.45) is -2.34. The minimum Gasteiger partial charge on any atom is -0.305 e. The molecule has 0 amide bonds. The van der Waals surface area contributed by atoms with E-state index in [1.54, 1.807) is 18.2 Å². The van der Waals surface area contributed by atoms with Crippen LogP contribution in [0.4, 0.5) is 8.78 Å². The molecule has 0 bridgehead atoms. The number of hydrogen-bond acceptors (Lipinski definition) is 1. The fourth-order valence-corrected chi connectivity index (χ4v) is 1.23. The lowest BCUT2D eigenvalue weighted by atomic mass is 10.2. The Morgan fingerprint density at radius 2 is 2.14 bits per heavy atom. The van der Waals surface area contributed by atoms with Gasteiger partial charge in [-0.2, -0.15) is 0 Å².